The van der Waals surface area contributed by atoms with Gasteiger partial charge in [-0.3, -0.25) is 0 Å². The van der Waals surface area contributed by atoms with Gasteiger partial charge in [0.1, 0.15) is 5.60 Å². The summed E-state index contributed by atoms with van der Waals surface area (Å²) >= 11 is 0.567. The number of nitrogens with zero attached hydrogens (tertiary/aromatic N) is 1. The Hall–Kier alpha value is -1.10. The van der Waals surface area contributed by atoms with E-state index in [1.807, 2.05) is 0 Å². The van der Waals surface area contributed by atoms with E-state index in [2.05, 4.69) is 0 Å². The van der Waals surface area contributed by atoms with E-state index in [0.717, 1.165) is 0 Å². The Morgan fingerprint density at radius 1 is 1.32 bits per heavy atom. The van der Waals surface area contributed by atoms with Crippen molar-refractivity contribution < 1.29 is 47.1 Å². The summed E-state index contributed by atoms with van der Waals surface area (Å²) < 4.78 is 31.0. The molecule has 134 valence electrons. The van der Waals surface area contributed by atoms with Crippen molar-refractivity contribution in [2.75, 3.05) is 13.1 Å². The van der Waals surface area contributed by atoms with Crippen molar-refractivity contribution in [3.63, 3.8) is 0 Å². The number of likely N-dealkylation sites (tertiary alicyclic amines) is 1. The number of rotatable bonds is 3. The van der Waals surface area contributed by atoms with Gasteiger partial charge >= 0.3 is 25.0 Å². The Balaban J connectivity index is 0.00000312. The summed E-state index contributed by atoms with van der Waals surface area (Å²) in [5, 5.41) is 11.2. The Kier molecular flexibility index (Phi) is 7.48. The molecule has 9 heteroatoms. The summed E-state index contributed by atoms with van der Waals surface area (Å²) in [6.07, 6.45) is -2.12. The van der Waals surface area contributed by atoms with Crippen LogP contribution in [0.1, 0.15) is 66.1 Å². The zero-order valence-corrected chi connectivity index (χ0v) is 15.6. The first kappa shape index (κ1) is 21.9. The van der Waals surface area contributed by atoms with Crippen molar-refractivity contribution in [2.45, 2.75) is 51.6 Å². The van der Waals surface area contributed by atoms with Crippen molar-refractivity contribution in [1.82, 2.24) is 4.90 Å². The van der Waals surface area contributed by atoms with Gasteiger partial charge in [-0.05, 0) is 51.2 Å². The van der Waals surface area contributed by atoms with Crippen LogP contribution in [0.3, 0.4) is 0 Å². The maximum absolute atomic E-state index is 12.8. The number of carbonyl (C=O) groups excluding carboxylic acids is 2. The summed E-state index contributed by atoms with van der Waals surface area (Å²) in [4.78, 5) is 24.4. The molecule has 0 atom stereocenters. The van der Waals surface area contributed by atoms with Crippen LogP contribution in [0, 0.1) is 0 Å². The SMILES string of the molecule is CC(C)(C)OC(=O)N1CCC(c2cc(C(F)F)sc2C(=O)[O-])CC1.[Li+]. The van der Waals surface area contributed by atoms with Crippen LogP contribution in [0.15, 0.2) is 6.07 Å². The Morgan fingerprint density at radius 3 is 2.32 bits per heavy atom. The Labute approximate surface area is 161 Å². The van der Waals surface area contributed by atoms with Crippen molar-refractivity contribution in [3.8, 4) is 0 Å². The Bertz CT molecular complexity index is 622. The van der Waals surface area contributed by atoms with E-state index in [4.69, 9.17) is 4.74 Å². The van der Waals surface area contributed by atoms with Gasteiger partial charge in [0, 0.05) is 13.1 Å². The maximum Gasteiger partial charge on any atom is 1.00 e. The summed E-state index contributed by atoms with van der Waals surface area (Å²) in [6, 6.07) is 1.26. The molecule has 2 heterocycles. The number of hydrogen-bond acceptors (Lipinski definition) is 5. The monoisotopic (exact) mass is 367 g/mol. The standard InChI is InChI=1S/C16H21F2NO4S.Li/c1-16(2,3)23-15(22)19-6-4-9(5-7-19)10-8-11(13(17)18)24-12(10)14(20)21;/h8-9,13H,4-7H2,1-3H3,(H,20,21);/q;+1/p-1. The predicted octanol–water partition coefficient (Wildman–Crippen LogP) is 0.168. The molecule has 1 aromatic rings. The molecular weight excluding hydrogens is 347 g/mol. The molecule has 0 bridgehead atoms. The molecule has 1 aromatic heterocycles. The van der Waals surface area contributed by atoms with Crippen molar-refractivity contribution in [1.29, 1.82) is 0 Å². The minimum Gasteiger partial charge on any atom is -0.544 e. The molecule has 1 fully saturated rings. The summed E-state index contributed by atoms with van der Waals surface area (Å²) in [5.41, 5.74) is -0.200. The average Bonchev–Trinajstić information content (AvgIpc) is 2.91. The third-order valence-corrected chi connectivity index (χ3v) is 4.91. The van der Waals surface area contributed by atoms with E-state index >= 15 is 0 Å². The fraction of sp³-hybridized carbons (Fsp3) is 0.625. The minimum atomic E-state index is -2.70. The number of ether oxygens (including phenoxy) is 1. The topological polar surface area (TPSA) is 69.7 Å². The number of amides is 1. The van der Waals surface area contributed by atoms with Gasteiger partial charge in [0.2, 0.25) is 0 Å². The zero-order chi connectivity index (χ0) is 18.1. The molecule has 0 unspecified atom stereocenters. The van der Waals surface area contributed by atoms with E-state index < -0.39 is 24.1 Å². The normalized spacial score (nSPS) is 15.8. The largest absolute Gasteiger partial charge is 1.00 e. The van der Waals surface area contributed by atoms with E-state index in [1.54, 1.807) is 25.7 Å². The summed E-state index contributed by atoms with van der Waals surface area (Å²) in [6.45, 7) is 6.13. The molecule has 0 aromatic carbocycles. The number of carboxylic acid groups (broad SMARTS) is 1. The van der Waals surface area contributed by atoms with Crippen LogP contribution < -0.4 is 24.0 Å². The number of halogens is 2. The van der Waals surface area contributed by atoms with Crippen LogP contribution in [0.4, 0.5) is 13.6 Å². The first-order valence-corrected chi connectivity index (χ1v) is 8.51. The molecule has 2 rings (SSSR count). The van der Waals surface area contributed by atoms with Crippen LogP contribution in [-0.2, 0) is 4.74 Å². The number of thiophene rings is 1. The number of hydrogen-bond donors (Lipinski definition) is 0. The van der Waals surface area contributed by atoms with Gasteiger partial charge in [-0.15, -0.1) is 11.3 Å². The quantitative estimate of drug-likeness (QED) is 0.714. The Morgan fingerprint density at radius 2 is 1.88 bits per heavy atom. The van der Waals surface area contributed by atoms with Crippen LogP contribution in [-0.4, -0.2) is 35.7 Å². The number of carbonyl (C=O) groups is 2. The number of aromatic carboxylic acids is 1. The first-order valence-electron chi connectivity index (χ1n) is 7.69. The zero-order valence-electron chi connectivity index (χ0n) is 14.8. The minimum absolute atomic E-state index is 0. The van der Waals surface area contributed by atoms with Crippen LogP contribution in [0.25, 0.3) is 0 Å². The van der Waals surface area contributed by atoms with Crippen LogP contribution in [0.5, 0.6) is 0 Å². The third kappa shape index (κ3) is 5.70. The molecule has 1 aliphatic heterocycles. The number of alkyl halides is 2. The van der Waals surface area contributed by atoms with Crippen molar-refractivity contribution >= 4 is 23.4 Å². The summed E-state index contributed by atoms with van der Waals surface area (Å²) in [5.74, 6) is -1.61. The fourth-order valence-corrected chi connectivity index (χ4v) is 3.63. The van der Waals surface area contributed by atoms with Gasteiger partial charge in [0.25, 0.3) is 6.43 Å². The van der Waals surface area contributed by atoms with Gasteiger partial charge in [-0.2, -0.15) is 0 Å². The van der Waals surface area contributed by atoms with Gasteiger partial charge < -0.3 is 19.5 Å². The first-order chi connectivity index (χ1) is 11.1. The fourth-order valence-electron chi connectivity index (χ4n) is 2.69. The maximum atomic E-state index is 12.8. The van der Waals surface area contributed by atoms with Gasteiger partial charge in [0.15, 0.2) is 0 Å². The second-order valence-electron chi connectivity index (χ2n) is 6.76. The molecule has 1 saturated heterocycles. The van der Waals surface area contributed by atoms with Gasteiger partial charge in [0.05, 0.1) is 15.7 Å². The molecule has 1 amide bonds. The summed E-state index contributed by atoms with van der Waals surface area (Å²) in [7, 11) is 0. The van der Waals surface area contributed by atoms with Crippen molar-refractivity contribution in [3.05, 3.63) is 21.4 Å². The van der Waals surface area contributed by atoms with E-state index in [9.17, 15) is 23.5 Å². The molecule has 0 saturated carbocycles. The number of carboxylic acids is 1. The molecule has 5 nitrogen and oxygen atoms in total. The smallest absolute Gasteiger partial charge is 0.544 e. The van der Waals surface area contributed by atoms with Crippen LogP contribution in [0.2, 0.25) is 0 Å². The molecule has 0 aliphatic carbocycles. The van der Waals surface area contributed by atoms with Gasteiger partial charge in [-0.25, -0.2) is 13.6 Å². The predicted molar refractivity (Wildman–Crippen MR) is 83.4 cm³/mol. The third-order valence-electron chi connectivity index (χ3n) is 3.77. The van der Waals surface area contributed by atoms with Crippen LogP contribution >= 0.6 is 11.3 Å². The second-order valence-corrected chi connectivity index (χ2v) is 7.85. The molecule has 25 heavy (non-hydrogen) atoms. The van der Waals surface area contributed by atoms with E-state index in [0.29, 0.717) is 42.8 Å². The van der Waals surface area contributed by atoms with Crippen molar-refractivity contribution in [2.24, 2.45) is 0 Å². The molecule has 0 radical (unpaired) electrons. The molecule has 0 N–H and O–H groups in total. The average molecular weight is 367 g/mol. The molecular formula is C16H20F2LiNO4S. The second kappa shape index (κ2) is 8.52. The van der Waals surface area contributed by atoms with E-state index in [1.165, 1.54) is 6.07 Å². The molecule has 0 spiro atoms. The van der Waals surface area contributed by atoms with E-state index in [-0.39, 0.29) is 34.5 Å². The molecule has 1 aliphatic rings. The van der Waals surface area contributed by atoms with Gasteiger partial charge in [-0.1, -0.05) is 0 Å². The number of piperidine rings is 1.